The van der Waals surface area contributed by atoms with Crippen molar-refractivity contribution in [1.82, 2.24) is 9.47 Å². The maximum absolute atomic E-state index is 13.5. The van der Waals surface area contributed by atoms with E-state index in [1.54, 1.807) is 0 Å². The largest absolute Gasteiger partial charge is 0.492 e. The average Bonchev–Trinajstić information content (AvgIpc) is 3.13. The standard InChI is InChI=1S/C24H27N3O2/c1-4-29-22-14-8-6-11-19(22)25-24(28)27-16-18-10-5-7-12-20(18)26-15-9-13-21(26)23(27)17(2)3/h5-15,17,23H,4,16H2,1-3H3,(H,25,28). The van der Waals surface area contributed by atoms with E-state index in [9.17, 15) is 4.79 Å². The van der Waals surface area contributed by atoms with Crippen molar-refractivity contribution < 1.29 is 9.53 Å². The molecule has 0 fully saturated rings. The predicted octanol–water partition coefficient (Wildman–Crippen LogP) is 5.62. The van der Waals surface area contributed by atoms with Crippen LogP contribution in [0.15, 0.2) is 66.9 Å². The first-order chi connectivity index (χ1) is 14.1. The Balaban J connectivity index is 1.73. The van der Waals surface area contributed by atoms with Crippen LogP contribution < -0.4 is 10.1 Å². The van der Waals surface area contributed by atoms with Crippen LogP contribution in [0.25, 0.3) is 5.69 Å². The Labute approximate surface area is 171 Å². The number of ether oxygens (including phenoxy) is 1. The number of rotatable bonds is 4. The number of hydrogen-bond acceptors (Lipinski definition) is 2. The maximum Gasteiger partial charge on any atom is 0.322 e. The molecule has 1 atom stereocenters. The average molecular weight is 389 g/mol. The lowest BCUT2D eigenvalue weighted by Crippen LogP contribution is -2.39. The van der Waals surface area contributed by atoms with Gasteiger partial charge in [0.1, 0.15) is 5.75 Å². The third-order valence-corrected chi connectivity index (χ3v) is 5.33. The van der Waals surface area contributed by atoms with Gasteiger partial charge in [0, 0.05) is 11.9 Å². The highest BCUT2D eigenvalue weighted by molar-refractivity contribution is 5.91. The summed E-state index contributed by atoms with van der Waals surface area (Å²) in [5.41, 5.74) is 4.07. The van der Waals surface area contributed by atoms with Crippen molar-refractivity contribution in [1.29, 1.82) is 0 Å². The normalized spacial score (nSPS) is 15.4. The van der Waals surface area contributed by atoms with Crippen LogP contribution in [0.2, 0.25) is 0 Å². The van der Waals surface area contributed by atoms with E-state index >= 15 is 0 Å². The number of anilines is 1. The first kappa shape index (κ1) is 19.1. The topological polar surface area (TPSA) is 46.5 Å². The maximum atomic E-state index is 13.5. The zero-order chi connectivity index (χ0) is 20.4. The fourth-order valence-electron chi connectivity index (χ4n) is 4.11. The van der Waals surface area contributed by atoms with Crippen LogP contribution in [0.1, 0.15) is 38.1 Å². The van der Waals surface area contributed by atoms with E-state index < -0.39 is 0 Å². The Hall–Kier alpha value is -3.21. The number of nitrogens with zero attached hydrogens (tertiary/aromatic N) is 2. The molecular weight excluding hydrogens is 362 g/mol. The van der Waals surface area contributed by atoms with Gasteiger partial charge in [-0.05, 0) is 48.7 Å². The molecule has 3 aromatic rings. The summed E-state index contributed by atoms with van der Waals surface area (Å²) in [5.74, 6) is 0.939. The highest BCUT2D eigenvalue weighted by atomic mass is 16.5. The molecule has 1 aliphatic heterocycles. The fourth-order valence-corrected chi connectivity index (χ4v) is 4.11. The van der Waals surface area contributed by atoms with E-state index in [0.717, 1.165) is 16.9 Å². The lowest BCUT2D eigenvalue weighted by molar-refractivity contribution is 0.162. The first-order valence-electron chi connectivity index (χ1n) is 10.1. The summed E-state index contributed by atoms with van der Waals surface area (Å²) >= 11 is 0. The first-order valence-corrected chi connectivity index (χ1v) is 10.1. The number of aromatic nitrogens is 1. The van der Waals surface area contributed by atoms with Crippen LogP contribution in [0.3, 0.4) is 0 Å². The van der Waals surface area contributed by atoms with Gasteiger partial charge in [0.05, 0.1) is 30.6 Å². The van der Waals surface area contributed by atoms with Crippen LogP contribution in [0.4, 0.5) is 10.5 Å². The number of amides is 2. The van der Waals surface area contributed by atoms with Crippen molar-refractivity contribution in [2.24, 2.45) is 5.92 Å². The van der Waals surface area contributed by atoms with Crippen LogP contribution >= 0.6 is 0 Å². The molecule has 0 spiro atoms. The number of urea groups is 1. The minimum atomic E-state index is -0.125. The molecule has 0 radical (unpaired) electrons. The van der Waals surface area contributed by atoms with Crippen molar-refractivity contribution in [2.45, 2.75) is 33.4 Å². The molecule has 1 aromatic heterocycles. The molecule has 0 bridgehead atoms. The Morgan fingerprint density at radius 2 is 1.86 bits per heavy atom. The Kier molecular flexibility index (Phi) is 5.30. The van der Waals surface area contributed by atoms with Crippen molar-refractivity contribution in [3.05, 3.63) is 78.1 Å². The van der Waals surface area contributed by atoms with Gasteiger partial charge in [-0.3, -0.25) is 0 Å². The lowest BCUT2D eigenvalue weighted by atomic mass is 9.99. The van der Waals surface area contributed by atoms with Gasteiger partial charge in [0.2, 0.25) is 0 Å². The van der Waals surface area contributed by atoms with Gasteiger partial charge in [-0.25, -0.2) is 4.79 Å². The molecular formula is C24H27N3O2. The van der Waals surface area contributed by atoms with Crippen LogP contribution in [-0.4, -0.2) is 22.1 Å². The molecule has 5 heteroatoms. The van der Waals surface area contributed by atoms with Gasteiger partial charge in [0.15, 0.2) is 0 Å². The van der Waals surface area contributed by atoms with E-state index in [-0.39, 0.29) is 18.0 Å². The number of carbonyl (C=O) groups is 1. The molecule has 4 rings (SSSR count). The molecule has 2 amide bonds. The fraction of sp³-hybridized carbons (Fsp3) is 0.292. The SMILES string of the molecule is CCOc1ccccc1NC(=O)N1Cc2ccccc2-n2cccc2C1C(C)C. The monoisotopic (exact) mass is 389 g/mol. The second-order valence-corrected chi connectivity index (χ2v) is 7.61. The zero-order valence-electron chi connectivity index (χ0n) is 17.1. The van der Waals surface area contributed by atoms with Gasteiger partial charge in [-0.15, -0.1) is 0 Å². The summed E-state index contributed by atoms with van der Waals surface area (Å²) in [7, 11) is 0. The molecule has 2 heterocycles. The minimum absolute atomic E-state index is 0.0448. The van der Waals surface area contributed by atoms with Crippen molar-refractivity contribution in [2.75, 3.05) is 11.9 Å². The molecule has 1 N–H and O–H groups in total. The molecule has 0 saturated carbocycles. The number of para-hydroxylation sites is 3. The number of hydrogen-bond donors (Lipinski definition) is 1. The number of nitrogens with one attached hydrogen (secondary N) is 1. The van der Waals surface area contributed by atoms with E-state index in [4.69, 9.17) is 4.74 Å². The molecule has 2 aromatic carbocycles. The number of fused-ring (bicyclic) bond motifs is 3. The summed E-state index contributed by atoms with van der Waals surface area (Å²) < 4.78 is 7.90. The van der Waals surface area contributed by atoms with Crippen molar-refractivity contribution in [3.63, 3.8) is 0 Å². The third kappa shape index (κ3) is 3.60. The quantitative estimate of drug-likeness (QED) is 0.629. The molecule has 150 valence electrons. The Morgan fingerprint density at radius 1 is 1.10 bits per heavy atom. The van der Waals surface area contributed by atoms with Crippen molar-refractivity contribution in [3.8, 4) is 11.4 Å². The van der Waals surface area contributed by atoms with E-state index in [1.165, 1.54) is 0 Å². The van der Waals surface area contributed by atoms with Crippen LogP contribution in [0.5, 0.6) is 5.75 Å². The van der Waals surface area contributed by atoms with E-state index in [0.29, 0.717) is 24.6 Å². The Bertz CT molecular complexity index is 1010. The summed E-state index contributed by atoms with van der Waals surface area (Å²) in [6, 6.07) is 19.8. The van der Waals surface area contributed by atoms with Gasteiger partial charge in [-0.2, -0.15) is 0 Å². The molecule has 1 aliphatic rings. The molecule has 0 aliphatic carbocycles. The van der Waals surface area contributed by atoms with Gasteiger partial charge < -0.3 is 19.5 Å². The van der Waals surface area contributed by atoms with E-state index in [1.807, 2.05) is 54.3 Å². The summed E-state index contributed by atoms with van der Waals surface area (Å²) in [4.78, 5) is 15.4. The second kappa shape index (κ2) is 8.03. The van der Waals surface area contributed by atoms with Crippen LogP contribution in [0, 0.1) is 5.92 Å². The predicted molar refractivity (Wildman–Crippen MR) is 116 cm³/mol. The van der Waals surface area contributed by atoms with Gasteiger partial charge in [-0.1, -0.05) is 44.2 Å². The lowest BCUT2D eigenvalue weighted by Gasteiger charge is -2.33. The zero-order valence-corrected chi connectivity index (χ0v) is 17.1. The third-order valence-electron chi connectivity index (χ3n) is 5.33. The number of benzene rings is 2. The summed E-state index contributed by atoms with van der Waals surface area (Å²) in [6.07, 6.45) is 2.08. The van der Waals surface area contributed by atoms with Gasteiger partial charge in [0.25, 0.3) is 0 Å². The second-order valence-electron chi connectivity index (χ2n) is 7.61. The number of carbonyl (C=O) groups excluding carboxylic acids is 1. The van der Waals surface area contributed by atoms with E-state index in [2.05, 4.69) is 48.1 Å². The summed E-state index contributed by atoms with van der Waals surface area (Å²) in [6.45, 7) is 7.35. The highest BCUT2D eigenvalue weighted by Crippen LogP contribution is 2.37. The molecule has 0 saturated heterocycles. The summed E-state index contributed by atoms with van der Waals surface area (Å²) in [5, 5.41) is 3.08. The smallest absolute Gasteiger partial charge is 0.322 e. The van der Waals surface area contributed by atoms with Crippen molar-refractivity contribution >= 4 is 11.7 Å². The molecule has 29 heavy (non-hydrogen) atoms. The minimum Gasteiger partial charge on any atom is -0.492 e. The van der Waals surface area contributed by atoms with Gasteiger partial charge >= 0.3 is 6.03 Å². The van der Waals surface area contributed by atoms with Crippen LogP contribution in [-0.2, 0) is 6.54 Å². The highest BCUT2D eigenvalue weighted by Gasteiger charge is 2.33. The Morgan fingerprint density at radius 3 is 2.66 bits per heavy atom. The molecule has 1 unspecified atom stereocenters. The molecule has 5 nitrogen and oxygen atoms in total.